The SMILES string of the molecule is CC(=O)Nc1co[c]n1. The van der Waals surface area contributed by atoms with Crippen LogP contribution in [0.3, 0.4) is 0 Å². The predicted octanol–water partition coefficient (Wildman–Crippen LogP) is 0.433. The molecule has 0 bridgehead atoms. The molecule has 1 amide bonds. The number of aromatic nitrogens is 1. The second kappa shape index (κ2) is 2.30. The Balaban J connectivity index is 2.58. The molecule has 1 N–H and O–H groups in total. The summed E-state index contributed by atoms with van der Waals surface area (Å²) in [5, 5.41) is 2.41. The molecule has 4 heteroatoms. The molecule has 0 aliphatic rings. The van der Waals surface area contributed by atoms with Crippen molar-refractivity contribution in [1.82, 2.24) is 4.98 Å². The number of oxazole rings is 1. The minimum atomic E-state index is -0.169. The molecule has 1 rings (SSSR count). The minimum Gasteiger partial charge on any atom is -0.439 e. The van der Waals surface area contributed by atoms with Crippen LogP contribution in [0.4, 0.5) is 5.82 Å². The van der Waals surface area contributed by atoms with E-state index in [4.69, 9.17) is 0 Å². The number of carbonyl (C=O) groups excluding carboxylic acids is 1. The van der Waals surface area contributed by atoms with Crippen molar-refractivity contribution in [2.45, 2.75) is 6.92 Å². The Morgan fingerprint density at radius 1 is 2.00 bits per heavy atom. The maximum absolute atomic E-state index is 10.3. The number of nitrogens with one attached hydrogen (secondary N) is 1. The number of amides is 1. The van der Waals surface area contributed by atoms with E-state index in [-0.39, 0.29) is 5.91 Å². The lowest BCUT2D eigenvalue weighted by Gasteiger charge is -1.89. The summed E-state index contributed by atoms with van der Waals surface area (Å²) in [5.74, 6) is 0.222. The van der Waals surface area contributed by atoms with Gasteiger partial charge >= 0.3 is 0 Å². The summed E-state index contributed by atoms with van der Waals surface area (Å²) in [4.78, 5) is 13.8. The second-order valence-corrected chi connectivity index (χ2v) is 1.51. The zero-order valence-electron chi connectivity index (χ0n) is 4.84. The van der Waals surface area contributed by atoms with Gasteiger partial charge in [-0.3, -0.25) is 4.79 Å². The van der Waals surface area contributed by atoms with Crippen LogP contribution in [0.15, 0.2) is 10.7 Å². The molecule has 0 unspecified atom stereocenters. The third kappa shape index (κ3) is 1.56. The van der Waals surface area contributed by atoms with Crippen molar-refractivity contribution in [2.75, 3.05) is 5.32 Å². The van der Waals surface area contributed by atoms with Gasteiger partial charge in [0.2, 0.25) is 5.91 Å². The van der Waals surface area contributed by atoms with Crippen molar-refractivity contribution < 1.29 is 9.21 Å². The van der Waals surface area contributed by atoms with Crippen LogP contribution in [0.2, 0.25) is 0 Å². The molecule has 9 heavy (non-hydrogen) atoms. The van der Waals surface area contributed by atoms with Crippen molar-refractivity contribution >= 4 is 11.7 Å². The summed E-state index contributed by atoms with van der Waals surface area (Å²) in [6.07, 6.45) is 3.50. The van der Waals surface area contributed by atoms with E-state index < -0.39 is 0 Å². The first-order valence-electron chi connectivity index (χ1n) is 2.38. The standard InChI is InChI=1S/C5H5N2O2/c1-4(8)7-5-2-9-3-6-5/h2H,1H3,(H,7,8). The fraction of sp³-hybridized carbons (Fsp3) is 0.200. The Kier molecular flexibility index (Phi) is 1.48. The molecule has 4 nitrogen and oxygen atoms in total. The monoisotopic (exact) mass is 125 g/mol. The van der Waals surface area contributed by atoms with Crippen LogP contribution in [0, 0.1) is 6.39 Å². The first kappa shape index (κ1) is 5.81. The largest absolute Gasteiger partial charge is 0.439 e. The Bertz CT molecular complexity index is 193. The van der Waals surface area contributed by atoms with Crippen LogP contribution in [-0.2, 0) is 4.79 Å². The highest BCUT2D eigenvalue weighted by Gasteiger charge is 1.95. The van der Waals surface area contributed by atoms with Crippen molar-refractivity contribution in [2.24, 2.45) is 0 Å². The van der Waals surface area contributed by atoms with Crippen molar-refractivity contribution in [3.05, 3.63) is 12.7 Å². The van der Waals surface area contributed by atoms with E-state index >= 15 is 0 Å². The molecule has 1 heterocycles. The number of anilines is 1. The first-order chi connectivity index (χ1) is 4.29. The number of carbonyl (C=O) groups is 1. The van der Waals surface area contributed by atoms with Gasteiger partial charge in [0.1, 0.15) is 6.26 Å². The quantitative estimate of drug-likeness (QED) is 0.592. The van der Waals surface area contributed by atoms with Gasteiger partial charge in [0.15, 0.2) is 5.82 Å². The second-order valence-electron chi connectivity index (χ2n) is 1.51. The van der Waals surface area contributed by atoms with Gasteiger partial charge < -0.3 is 9.73 Å². The zero-order chi connectivity index (χ0) is 6.69. The molecule has 1 aromatic rings. The van der Waals surface area contributed by atoms with Gasteiger partial charge in [-0.1, -0.05) is 0 Å². The Morgan fingerprint density at radius 3 is 3.22 bits per heavy atom. The number of rotatable bonds is 1. The Hall–Kier alpha value is -1.32. The smallest absolute Gasteiger partial charge is 0.285 e. The molecule has 0 aromatic carbocycles. The lowest BCUT2D eigenvalue weighted by Crippen LogP contribution is -2.05. The lowest BCUT2D eigenvalue weighted by molar-refractivity contribution is -0.114. The first-order valence-corrected chi connectivity index (χ1v) is 2.38. The molecule has 1 radical (unpaired) electrons. The van der Waals surface area contributed by atoms with Crippen LogP contribution in [-0.4, -0.2) is 10.9 Å². The Labute approximate surface area is 51.9 Å². The molecule has 0 atom stereocenters. The highest BCUT2D eigenvalue weighted by molar-refractivity contribution is 5.87. The minimum absolute atomic E-state index is 0.169. The van der Waals surface area contributed by atoms with Gasteiger partial charge in [0.25, 0.3) is 6.39 Å². The van der Waals surface area contributed by atoms with E-state index in [0.717, 1.165) is 0 Å². The maximum atomic E-state index is 10.3. The number of hydrogen-bond acceptors (Lipinski definition) is 3. The highest BCUT2D eigenvalue weighted by Crippen LogP contribution is 1.98. The Morgan fingerprint density at radius 2 is 2.78 bits per heavy atom. The fourth-order valence-electron chi connectivity index (χ4n) is 0.422. The average Bonchev–Trinajstić information content (AvgIpc) is 2.15. The van der Waals surface area contributed by atoms with Crippen molar-refractivity contribution in [3.63, 3.8) is 0 Å². The summed E-state index contributed by atoms with van der Waals surface area (Å²) < 4.78 is 4.46. The number of hydrogen-bond donors (Lipinski definition) is 1. The topological polar surface area (TPSA) is 55.1 Å². The van der Waals surface area contributed by atoms with Crippen molar-refractivity contribution in [3.8, 4) is 0 Å². The molecule has 47 valence electrons. The van der Waals surface area contributed by atoms with Crippen LogP contribution in [0.1, 0.15) is 6.92 Å². The van der Waals surface area contributed by atoms with Gasteiger partial charge in [0, 0.05) is 6.92 Å². The highest BCUT2D eigenvalue weighted by atomic mass is 16.3. The van der Waals surface area contributed by atoms with Gasteiger partial charge in [0.05, 0.1) is 0 Å². The van der Waals surface area contributed by atoms with Gasteiger partial charge in [-0.05, 0) is 0 Å². The van der Waals surface area contributed by atoms with E-state index in [0.29, 0.717) is 5.82 Å². The van der Waals surface area contributed by atoms with Gasteiger partial charge in [-0.15, -0.1) is 0 Å². The third-order valence-electron chi connectivity index (χ3n) is 0.693. The molecule has 0 saturated heterocycles. The van der Waals surface area contributed by atoms with Crippen molar-refractivity contribution in [1.29, 1.82) is 0 Å². The predicted molar refractivity (Wildman–Crippen MR) is 29.6 cm³/mol. The van der Waals surface area contributed by atoms with E-state index in [9.17, 15) is 4.79 Å². The zero-order valence-corrected chi connectivity index (χ0v) is 4.84. The molecular formula is C5H5N2O2. The van der Waals surface area contributed by atoms with Gasteiger partial charge in [-0.25, -0.2) is 0 Å². The molecule has 0 saturated carbocycles. The summed E-state index contributed by atoms with van der Waals surface area (Å²) in [7, 11) is 0. The normalized spacial score (nSPS) is 9.00. The summed E-state index contributed by atoms with van der Waals surface area (Å²) in [5.41, 5.74) is 0. The maximum Gasteiger partial charge on any atom is 0.285 e. The van der Waals surface area contributed by atoms with E-state index in [1.54, 1.807) is 0 Å². The van der Waals surface area contributed by atoms with E-state index in [1.165, 1.54) is 13.2 Å². The van der Waals surface area contributed by atoms with E-state index in [2.05, 4.69) is 21.1 Å². The molecule has 0 spiro atoms. The molecule has 0 fully saturated rings. The summed E-state index contributed by atoms with van der Waals surface area (Å²) in [6.45, 7) is 1.40. The van der Waals surface area contributed by atoms with Crippen LogP contribution >= 0.6 is 0 Å². The van der Waals surface area contributed by atoms with Crippen LogP contribution in [0.25, 0.3) is 0 Å². The van der Waals surface area contributed by atoms with Crippen LogP contribution < -0.4 is 5.32 Å². The average molecular weight is 125 g/mol. The lowest BCUT2D eigenvalue weighted by atomic mass is 10.6. The molecule has 1 aromatic heterocycles. The summed E-state index contributed by atoms with van der Waals surface area (Å²) >= 11 is 0. The van der Waals surface area contributed by atoms with E-state index in [1.807, 2.05) is 0 Å². The fourth-order valence-corrected chi connectivity index (χ4v) is 0.422. The van der Waals surface area contributed by atoms with Gasteiger partial charge in [-0.2, -0.15) is 4.98 Å². The number of nitrogens with zero attached hydrogens (tertiary/aromatic N) is 1. The molecule has 0 aliphatic carbocycles. The van der Waals surface area contributed by atoms with Crippen LogP contribution in [0.5, 0.6) is 0 Å². The summed E-state index contributed by atoms with van der Waals surface area (Å²) in [6, 6.07) is 0. The third-order valence-corrected chi connectivity index (χ3v) is 0.693. The molecular weight excluding hydrogens is 120 g/mol. The molecule has 0 aliphatic heterocycles.